The molecule has 1 unspecified atom stereocenters. The van der Waals surface area contributed by atoms with Gasteiger partial charge >= 0.3 is 0 Å². The molecule has 1 saturated heterocycles. The first-order valence-corrected chi connectivity index (χ1v) is 7.08. The molecule has 6 nitrogen and oxygen atoms in total. The summed E-state index contributed by atoms with van der Waals surface area (Å²) in [7, 11) is 1.70. The fourth-order valence-corrected chi connectivity index (χ4v) is 2.25. The van der Waals surface area contributed by atoms with Gasteiger partial charge in [0.1, 0.15) is 6.33 Å². The molecule has 0 amide bonds. The fourth-order valence-electron chi connectivity index (χ4n) is 2.25. The zero-order chi connectivity index (χ0) is 13.3. The van der Waals surface area contributed by atoms with Crippen molar-refractivity contribution >= 4 is 0 Å². The third-order valence-electron chi connectivity index (χ3n) is 3.29. The smallest absolute Gasteiger partial charge is 0.164 e. The van der Waals surface area contributed by atoms with Crippen molar-refractivity contribution in [2.24, 2.45) is 0 Å². The van der Waals surface area contributed by atoms with Crippen LogP contribution in [0.1, 0.15) is 31.5 Å². The molecular formula is C13H24N4O2. The van der Waals surface area contributed by atoms with E-state index in [1.807, 2.05) is 11.0 Å². The summed E-state index contributed by atoms with van der Waals surface area (Å²) in [5, 5.41) is 7.67. The van der Waals surface area contributed by atoms with Gasteiger partial charge in [-0.15, -0.1) is 0 Å². The summed E-state index contributed by atoms with van der Waals surface area (Å²) in [4.78, 5) is 4.28. The Hall–Kier alpha value is -0.980. The number of hydrogen-bond acceptors (Lipinski definition) is 5. The number of nitrogens with one attached hydrogen (secondary N) is 1. The third-order valence-corrected chi connectivity index (χ3v) is 3.29. The lowest BCUT2D eigenvalue weighted by molar-refractivity contribution is 0.101. The van der Waals surface area contributed by atoms with Crippen LogP contribution >= 0.6 is 0 Å². The van der Waals surface area contributed by atoms with Gasteiger partial charge in [-0.1, -0.05) is 0 Å². The molecule has 0 aromatic carbocycles. The van der Waals surface area contributed by atoms with Gasteiger partial charge in [-0.3, -0.25) is 4.68 Å². The van der Waals surface area contributed by atoms with Gasteiger partial charge in [0.05, 0.1) is 19.3 Å². The van der Waals surface area contributed by atoms with E-state index in [-0.39, 0.29) is 0 Å². The van der Waals surface area contributed by atoms with Crippen molar-refractivity contribution in [3.05, 3.63) is 12.2 Å². The average molecular weight is 268 g/mol. The Labute approximate surface area is 114 Å². The van der Waals surface area contributed by atoms with E-state index in [0.29, 0.717) is 19.3 Å². The molecule has 1 aliphatic heterocycles. The van der Waals surface area contributed by atoms with Crippen molar-refractivity contribution in [2.75, 3.05) is 26.9 Å². The van der Waals surface area contributed by atoms with Crippen molar-refractivity contribution in [1.29, 1.82) is 0 Å². The van der Waals surface area contributed by atoms with Crippen molar-refractivity contribution in [3.8, 4) is 0 Å². The normalized spacial score (nSPS) is 19.1. The predicted molar refractivity (Wildman–Crippen MR) is 71.8 cm³/mol. The second-order valence-corrected chi connectivity index (χ2v) is 4.87. The standard InChI is InChI=1S/C13H24N4O2/c1-18-9-6-14-10-13-15-11-17(16-13)7-2-4-12-5-3-8-19-12/h11-12,14H,2-10H2,1H3. The van der Waals surface area contributed by atoms with Crippen LogP contribution in [0.4, 0.5) is 0 Å². The first-order chi connectivity index (χ1) is 9.38. The maximum atomic E-state index is 5.61. The van der Waals surface area contributed by atoms with E-state index in [9.17, 15) is 0 Å². The molecule has 1 N–H and O–H groups in total. The molecular weight excluding hydrogens is 244 g/mol. The molecule has 6 heteroatoms. The molecule has 0 radical (unpaired) electrons. The molecule has 0 spiro atoms. The van der Waals surface area contributed by atoms with Crippen molar-refractivity contribution in [3.63, 3.8) is 0 Å². The van der Waals surface area contributed by atoms with Gasteiger partial charge in [-0.25, -0.2) is 4.98 Å². The molecule has 108 valence electrons. The van der Waals surface area contributed by atoms with E-state index in [2.05, 4.69) is 15.4 Å². The Morgan fingerprint density at radius 2 is 2.53 bits per heavy atom. The molecule has 0 saturated carbocycles. The monoisotopic (exact) mass is 268 g/mol. The number of ether oxygens (including phenoxy) is 2. The van der Waals surface area contributed by atoms with E-state index in [1.165, 1.54) is 12.8 Å². The highest BCUT2D eigenvalue weighted by atomic mass is 16.5. The van der Waals surface area contributed by atoms with Crippen LogP contribution in [0, 0.1) is 0 Å². The second-order valence-electron chi connectivity index (χ2n) is 4.87. The number of hydrogen-bond donors (Lipinski definition) is 1. The van der Waals surface area contributed by atoms with Gasteiger partial charge < -0.3 is 14.8 Å². The van der Waals surface area contributed by atoms with Gasteiger partial charge in [0, 0.05) is 26.8 Å². The number of methoxy groups -OCH3 is 1. The number of aromatic nitrogens is 3. The molecule has 0 aliphatic carbocycles. The molecule has 1 atom stereocenters. The summed E-state index contributed by atoms with van der Waals surface area (Å²) in [6.07, 6.45) is 6.94. The van der Waals surface area contributed by atoms with Gasteiger partial charge in [0.25, 0.3) is 0 Å². The number of aryl methyl sites for hydroxylation is 1. The molecule has 1 aromatic heterocycles. The van der Waals surface area contributed by atoms with E-state index >= 15 is 0 Å². The Kier molecular flexibility index (Phi) is 6.26. The summed E-state index contributed by atoms with van der Waals surface area (Å²) < 4.78 is 12.5. The van der Waals surface area contributed by atoms with E-state index in [1.54, 1.807) is 7.11 Å². The first kappa shape index (κ1) is 14.4. The van der Waals surface area contributed by atoms with Gasteiger partial charge in [0.2, 0.25) is 0 Å². The minimum atomic E-state index is 0.471. The summed E-state index contributed by atoms with van der Waals surface area (Å²) in [5.74, 6) is 0.841. The molecule has 2 rings (SSSR count). The van der Waals surface area contributed by atoms with Crippen molar-refractivity contribution < 1.29 is 9.47 Å². The minimum Gasteiger partial charge on any atom is -0.383 e. The largest absolute Gasteiger partial charge is 0.383 e. The van der Waals surface area contributed by atoms with Crippen LogP contribution in [-0.2, 0) is 22.6 Å². The molecule has 1 aliphatic rings. The molecule has 1 aromatic rings. The maximum Gasteiger partial charge on any atom is 0.164 e. The van der Waals surface area contributed by atoms with Gasteiger partial charge in [-0.05, 0) is 25.7 Å². The SMILES string of the molecule is COCCNCc1ncn(CCCC2CCCO2)n1. The summed E-state index contributed by atoms with van der Waals surface area (Å²) in [6.45, 7) is 4.09. The lowest BCUT2D eigenvalue weighted by atomic mass is 10.1. The Morgan fingerprint density at radius 3 is 3.32 bits per heavy atom. The summed E-state index contributed by atoms with van der Waals surface area (Å²) in [5.41, 5.74) is 0. The molecule has 19 heavy (non-hydrogen) atoms. The Balaban J connectivity index is 1.60. The van der Waals surface area contributed by atoms with Gasteiger partial charge in [0.15, 0.2) is 5.82 Å². The lowest BCUT2D eigenvalue weighted by Crippen LogP contribution is -2.19. The highest BCUT2D eigenvalue weighted by Crippen LogP contribution is 2.16. The van der Waals surface area contributed by atoms with Crippen LogP contribution in [0.5, 0.6) is 0 Å². The fraction of sp³-hybridized carbons (Fsp3) is 0.846. The van der Waals surface area contributed by atoms with E-state index < -0.39 is 0 Å². The highest BCUT2D eigenvalue weighted by molar-refractivity contribution is 4.80. The van der Waals surface area contributed by atoms with Crippen molar-refractivity contribution in [1.82, 2.24) is 20.1 Å². The third kappa shape index (κ3) is 5.26. The average Bonchev–Trinajstić information content (AvgIpc) is 3.07. The zero-order valence-corrected chi connectivity index (χ0v) is 11.7. The van der Waals surface area contributed by atoms with Crippen LogP contribution in [0.2, 0.25) is 0 Å². The topological polar surface area (TPSA) is 61.2 Å². The van der Waals surface area contributed by atoms with E-state index in [0.717, 1.165) is 38.4 Å². The predicted octanol–water partition coefficient (Wildman–Crippen LogP) is 0.973. The van der Waals surface area contributed by atoms with Crippen LogP contribution in [0.15, 0.2) is 6.33 Å². The lowest BCUT2D eigenvalue weighted by Gasteiger charge is -2.08. The Morgan fingerprint density at radius 1 is 1.58 bits per heavy atom. The molecule has 2 heterocycles. The second kappa shape index (κ2) is 8.24. The maximum absolute atomic E-state index is 5.61. The number of nitrogens with zero attached hydrogens (tertiary/aromatic N) is 3. The summed E-state index contributed by atoms with van der Waals surface area (Å²) in [6, 6.07) is 0. The number of rotatable bonds is 9. The van der Waals surface area contributed by atoms with E-state index in [4.69, 9.17) is 9.47 Å². The summed E-state index contributed by atoms with van der Waals surface area (Å²) >= 11 is 0. The first-order valence-electron chi connectivity index (χ1n) is 7.08. The molecule has 1 fully saturated rings. The highest BCUT2D eigenvalue weighted by Gasteiger charge is 2.14. The molecule has 0 bridgehead atoms. The van der Waals surface area contributed by atoms with Crippen LogP contribution < -0.4 is 5.32 Å². The quantitative estimate of drug-likeness (QED) is 0.676. The van der Waals surface area contributed by atoms with Crippen LogP contribution in [-0.4, -0.2) is 47.7 Å². The minimum absolute atomic E-state index is 0.471. The van der Waals surface area contributed by atoms with Crippen LogP contribution in [0.3, 0.4) is 0 Å². The Bertz CT molecular complexity index is 350. The van der Waals surface area contributed by atoms with Gasteiger partial charge in [-0.2, -0.15) is 5.10 Å². The zero-order valence-electron chi connectivity index (χ0n) is 11.7. The van der Waals surface area contributed by atoms with Crippen molar-refractivity contribution in [2.45, 2.75) is 44.9 Å². The van der Waals surface area contributed by atoms with Crippen LogP contribution in [0.25, 0.3) is 0 Å².